The third-order valence-electron chi connectivity index (χ3n) is 2.64. The van der Waals surface area contributed by atoms with Gasteiger partial charge in [-0.15, -0.1) is 0 Å². The van der Waals surface area contributed by atoms with Crippen molar-refractivity contribution in [1.29, 1.82) is 0 Å². The van der Waals surface area contributed by atoms with E-state index in [4.69, 9.17) is 5.11 Å². The van der Waals surface area contributed by atoms with Crippen molar-refractivity contribution in [2.24, 2.45) is 5.92 Å². The Morgan fingerprint density at radius 3 is 2.36 bits per heavy atom. The zero-order chi connectivity index (χ0) is 7.68. The van der Waals surface area contributed by atoms with Crippen LogP contribution >= 0.6 is 0 Å². The number of rotatable bonds is 5. The molecule has 2 fully saturated rings. The van der Waals surface area contributed by atoms with Crippen LogP contribution in [0.4, 0.5) is 0 Å². The zero-order valence-corrected chi connectivity index (χ0v) is 7.00. The first kappa shape index (κ1) is 7.56. The molecular formula is C9H17NO. The van der Waals surface area contributed by atoms with Crippen LogP contribution in [-0.4, -0.2) is 35.7 Å². The second kappa shape index (κ2) is 3.11. The summed E-state index contributed by atoms with van der Waals surface area (Å²) in [6, 6.07) is 0.836. The number of hydrogen-bond acceptors (Lipinski definition) is 2. The van der Waals surface area contributed by atoms with Gasteiger partial charge in [-0.3, -0.25) is 4.90 Å². The molecule has 0 spiro atoms. The predicted molar refractivity (Wildman–Crippen MR) is 44.4 cm³/mol. The third-order valence-corrected chi connectivity index (χ3v) is 2.64. The van der Waals surface area contributed by atoms with Crippen LogP contribution in [0.5, 0.6) is 0 Å². The first-order chi connectivity index (χ1) is 5.40. The Morgan fingerprint density at radius 1 is 1.18 bits per heavy atom. The van der Waals surface area contributed by atoms with Crippen LogP contribution in [-0.2, 0) is 0 Å². The average molecular weight is 155 g/mol. The minimum atomic E-state index is 0.337. The molecule has 0 radical (unpaired) electrons. The molecule has 2 aliphatic carbocycles. The van der Waals surface area contributed by atoms with Gasteiger partial charge in [0.25, 0.3) is 0 Å². The molecule has 2 saturated carbocycles. The van der Waals surface area contributed by atoms with Gasteiger partial charge in [-0.2, -0.15) is 0 Å². The van der Waals surface area contributed by atoms with E-state index in [0.29, 0.717) is 6.61 Å². The van der Waals surface area contributed by atoms with Crippen molar-refractivity contribution in [2.45, 2.75) is 31.7 Å². The molecule has 0 unspecified atom stereocenters. The second-order valence-corrected chi connectivity index (χ2v) is 3.89. The fourth-order valence-corrected chi connectivity index (χ4v) is 1.62. The Balaban J connectivity index is 1.72. The molecule has 11 heavy (non-hydrogen) atoms. The highest BCUT2D eigenvalue weighted by atomic mass is 16.3. The minimum Gasteiger partial charge on any atom is -0.395 e. The van der Waals surface area contributed by atoms with Crippen LogP contribution in [0.15, 0.2) is 0 Å². The maximum atomic E-state index is 8.80. The summed E-state index contributed by atoms with van der Waals surface area (Å²) in [6.45, 7) is 2.50. The Hall–Kier alpha value is -0.0800. The highest BCUT2D eigenvalue weighted by molar-refractivity contribution is 4.88. The monoisotopic (exact) mass is 155 g/mol. The smallest absolute Gasteiger partial charge is 0.0558 e. The standard InChI is InChI=1S/C9H17NO/c11-6-5-10(9-3-4-9)7-8-1-2-8/h8-9,11H,1-7H2. The molecule has 1 N–H and O–H groups in total. The van der Waals surface area contributed by atoms with Gasteiger partial charge in [0.2, 0.25) is 0 Å². The van der Waals surface area contributed by atoms with Gasteiger partial charge < -0.3 is 5.11 Å². The van der Waals surface area contributed by atoms with E-state index in [1.807, 2.05) is 0 Å². The molecule has 2 aliphatic rings. The van der Waals surface area contributed by atoms with Crippen LogP contribution in [0, 0.1) is 5.92 Å². The van der Waals surface area contributed by atoms with Crippen molar-refractivity contribution < 1.29 is 5.11 Å². The molecule has 0 aromatic carbocycles. The zero-order valence-electron chi connectivity index (χ0n) is 7.00. The van der Waals surface area contributed by atoms with Crippen molar-refractivity contribution in [2.75, 3.05) is 19.7 Å². The second-order valence-electron chi connectivity index (χ2n) is 3.89. The molecule has 0 atom stereocenters. The first-order valence-corrected chi connectivity index (χ1v) is 4.75. The molecule has 0 aromatic heterocycles. The van der Waals surface area contributed by atoms with Crippen LogP contribution in [0.3, 0.4) is 0 Å². The summed E-state index contributed by atoms with van der Waals surface area (Å²) in [5.74, 6) is 0.974. The SMILES string of the molecule is OCCN(CC1CC1)C1CC1. The molecule has 0 amide bonds. The summed E-state index contributed by atoms with van der Waals surface area (Å²) in [5, 5.41) is 8.80. The minimum absolute atomic E-state index is 0.337. The van der Waals surface area contributed by atoms with Gasteiger partial charge in [0.05, 0.1) is 6.61 Å². The predicted octanol–water partition coefficient (Wildman–Crippen LogP) is 0.853. The van der Waals surface area contributed by atoms with Gasteiger partial charge in [-0.25, -0.2) is 0 Å². The van der Waals surface area contributed by atoms with Crippen molar-refractivity contribution in [1.82, 2.24) is 4.90 Å². The largest absolute Gasteiger partial charge is 0.395 e. The first-order valence-electron chi connectivity index (χ1n) is 4.75. The molecule has 0 aliphatic heterocycles. The van der Waals surface area contributed by atoms with E-state index in [0.717, 1.165) is 18.5 Å². The fraction of sp³-hybridized carbons (Fsp3) is 1.00. The van der Waals surface area contributed by atoms with E-state index >= 15 is 0 Å². The number of aliphatic hydroxyl groups excluding tert-OH is 1. The highest BCUT2D eigenvalue weighted by Crippen LogP contribution is 2.34. The Kier molecular flexibility index (Phi) is 2.14. The Labute approximate surface area is 68.2 Å². The maximum absolute atomic E-state index is 8.80. The van der Waals surface area contributed by atoms with Crippen LogP contribution in [0.2, 0.25) is 0 Å². The summed E-state index contributed by atoms with van der Waals surface area (Å²) in [4.78, 5) is 2.47. The molecular weight excluding hydrogens is 138 g/mol. The van der Waals surface area contributed by atoms with Crippen LogP contribution < -0.4 is 0 Å². The van der Waals surface area contributed by atoms with Gasteiger partial charge >= 0.3 is 0 Å². The lowest BCUT2D eigenvalue weighted by Crippen LogP contribution is -2.31. The van der Waals surface area contributed by atoms with E-state index in [2.05, 4.69) is 4.90 Å². The van der Waals surface area contributed by atoms with E-state index in [1.165, 1.54) is 32.2 Å². The van der Waals surface area contributed by atoms with Crippen LogP contribution in [0.25, 0.3) is 0 Å². The molecule has 2 heteroatoms. The van der Waals surface area contributed by atoms with Gasteiger partial charge in [0.1, 0.15) is 0 Å². The van der Waals surface area contributed by atoms with Crippen LogP contribution in [0.1, 0.15) is 25.7 Å². The topological polar surface area (TPSA) is 23.5 Å². The molecule has 0 heterocycles. The number of hydrogen-bond donors (Lipinski definition) is 1. The summed E-state index contributed by atoms with van der Waals surface area (Å²) < 4.78 is 0. The van der Waals surface area contributed by atoms with E-state index in [9.17, 15) is 0 Å². The van der Waals surface area contributed by atoms with Crippen molar-refractivity contribution in [3.05, 3.63) is 0 Å². The van der Waals surface area contributed by atoms with Gasteiger partial charge in [-0.05, 0) is 31.6 Å². The normalized spacial score (nSPS) is 24.5. The average Bonchev–Trinajstić information content (AvgIpc) is 2.84. The summed E-state index contributed by atoms with van der Waals surface area (Å²) in [6.07, 6.45) is 5.59. The number of aliphatic hydroxyl groups is 1. The number of nitrogens with zero attached hydrogens (tertiary/aromatic N) is 1. The Morgan fingerprint density at radius 2 is 1.91 bits per heavy atom. The molecule has 0 aromatic rings. The molecule has 0 saturated heterocycles. The van der Waals surface area contributed by atoms with E-state index in [1.54, 1.807) is 0 Å². The molecule has 0 bridgehead atoms. The fourth-order valence-electron chi connectivity index (χ4n) is 1.62. The lowest BCUT2D eigenvalue weighted by atomic mass is 10.3. The maximum Gasteiger partial charge on any atom is 0.0558 e. The van der Waals surface area contributed by atoms with E-state index in [-0.39, 0.29) is 0 Å². The molecule has 64 valence electrons. The molecule has 2 nitrogen and oxygen atoms in total. The van der Waals surface area contributed by atoms with Crippen molar-refractivity contribution in [3.63, 3.8) is 0 Å². The third kappa shape index (κ3) is 2.17. The van der Waals surface area contributed by atoms with Crippen molar-refractivity contribution >= 4 is 0 Å². The summed E-state index contributed by atoms with van der Waals surface area (Å²) in [5.41, 5.74) is 0. The van der Waals surface area contributed by atoms with Gasteiger partial charge in [0.15, 0.2) is 0 Å². The lowest BCUT2D eigenvalue weighted by Gasteiger charge is -2.19. The Bertz CT molecular complexity index is 130. The van der Waals surface area contributed by atoms with Gasteiger partial charge in [-0.1, -0.05) is 0 Å². The van der Waals surface area contributed by atoms with E-state index < -0.39 is 0 Å². The highest BCUT2D eigenvalue weighted by Gasteiger charge is 2.32. The molecule has 2 rings (SSSR count). The lowest BCUT2D eigenvalue weighted by molar-refractivity contribution is 0.184. The summed E-state index contributed by atoms with van der Waals surface area (Å²) in [7, 11) is 0. The van der Waals surface area contributed by atoms with Gasteiger partial charge in [0, 0.05) is 19.1 Å². The summed E-state index contributed by atoms with van der Waals surface area (Å²) >= 11 is 0. The van der Waals surface area contributed by atoms with Crippen molar-refractivity contribution in [3.8, 4) is 0 Å². The quantitative estimate of drug-likeness (QED) is 0.636.